The molecule has 0 spiro atoms. The van der Waals surface area contributed by atoms with Gasteiger partial charge in [-0.1, -0.05) is 0 Å². The molecule has 1 aromatic rings. The van der Waals surface area contributed by atoms with E-state index in [0.717, 1.165) is 0 Å². The molecule has 1 atom stereocenters. The minimum atomic E-state index is -0.756. The van der Waals surface area contributed by atoms with Gasteiger partial charge in [0.15, 0.2) is 0 Å². The number of anilines is 1. The van der Waals surface area contributed by atoms with Crippen molar-refractivity contribution in [1.29, 1.82) is 0 Å². The first-order chi connectivity index (χ1) is 9.97. The Bertz CT molecular complexity index is 513. The van der Waals surface area contributed by atoms with Crippen LogP contribution >= 0.6 is 0 Å². The Labute approximate surface area is 122 Å². The van der Waals surface area contributed by atoms with Crippen LogP contribution in [0.15, 0.2) is 24.3 Å². The van der Waals surface area contributed by atoms with Crippen LogP contribution in [0.25, 0.3) is 0 Å². The molecule has 0 aliphatic carbocycles. The molecular formula is C14H18N2O5. The van der Waals surface area contributed by atoms with Gasteiger partial charge in [-0.05, 0) is 38.1 Å². The lowest BCUT2D eigenvalue weighted by atomic mass is 10.2. The molecule has 0 aromatic heterocycles. The van der Waals surface area contributed by atoms with E-state index in [9.17, 15) is 14.4 Å². The van der Waals surface area contributed by atoms with E-state index in [1.807, 2.05) is 0 Å². The van der Waals surface area contributed by atoms with Crippen LogP contribution in [-0.4, -0.2) is 37.7 Å². The van der Waals surface area contributed by atoms with Crippen molar-refractivity contribution in [2.45, 2.75) is 19.9 Å². The predicted molar refractivity (Wildman–Crippen MR) is 76.0 cm³/mol. The van der Waals surface area contributed by atoms with E-state index in [4.69, 9.17) is 4.74 Å². The second kappa shape index (κ2) is 7.88. The summed E-state index contributed by atoms with van der Waals surface area (Å²) in [6, 6.07) is 4.91. The summed E-state index contributed by atoms with van der Waals surface area (Å²) >= 11 is 0. The van der Waals surface area contributed by atoms with Gasteiger partial charge in [0.05, 0.1) is 19.3 Å². The zero-order chi connectivity index (χ0) is 15.8. The SMILES string of the molecule is CCOC(=O)c1ccc(NC(=O)N[C@@H](C)C(=O)OC)cc1. The Hall–Kier alpha value is -2.57. The third-order valence-electron chi connectivity index (χ3n) is 2.56. The highest BCUT2D eigenvalue weighted by atomic mass is 16.5. The van der Waals surface area contributed by atoms with E-state index in [1.165, 1.54) is 26.2 Å². The monoisotopic (exact) mass is 294 g/mol. The van der Waals surface area contributed by atoms with Gasteiger partial charge < -0.3 is 20.1 Å². The Balaban J connectivity index is 2.57. The second-order valence-corrected chi connectivity index (χ2v) is 4.14. The van der Waals surface area contributed by atoms with E-state index < -0.39 is 24.0 Å². The van der Waals surface area contributed by atoms with Crippen molar-refractivity contribution in [2.24, 2.45) is 0 Å². The molecule has 2 N–H and O–H groups in total. The molecule has 1 aromatic carbocycles. The summed E-state index contributed by atoms with van der Waals surface area (Å²) in [4.78, 5) is 34.3. The van der Waals surface area contributed by atoms with Gasteiger partial charge in [0.1, 0.15) is 6.04 Å². The van der Waals surface area contributed by atoms with Crippen molar-refractivity contribution in [2.75, 3.05) is 19.0 Å². The fraction of sp³-hybridized carbons (Fsp3) is 0.357. The van der Waals surface area contributed by atoms with Crippen molar-refractivity contribution in [3.63, 3.8) is 0 Å². The molecular weight excluding hydrogens is 276 g/mol. The summed E-state index contributed by atoms with van der Waals surface area (Å²) in [6.07, 6.45) is 0. The number of nitrogens with one attached hydrogen (secondary N) is 2. The minimum Gasteiger partial charge on any atom is -0.467 e. The van der Waals surface area contributed by atoms with Crippen molar-refractivity contribution >= 4 is 23.7 Å². The third-order valence-corrected chi connectivity index (χ3v) is 2.56. The summed E-state index contributed by atoms with van der Waals surface area (Å²) < 4.78 is 9.35. The molecule has 0 saturated heterocycles. The number of carbonyl (C=O) groups is 3. The van der Waals surface area contributed by atoms with Crippen molar-refractivity contribution in [3.8, 4) is 0 Å². The van der Waals surface area contributed by atoms with Gasteiger partial charge in [-0.2, -0.15) is 0 Å². The quantitative estimate of drug-likeness (QED) is 0.803. The largest absolute Gasteiger partial charge is 0.467 e. The maximum Gasteiger partial charge on any atom is 0.338 e. The lowest BCUT2D eigenvalue weighted by Gasteiger charge is -2.12. The van der Waals surface area contributed by atoms with Gasteiger partial charge in [-0.3, -0.25) is 0 Å². The van der Waals surface area contributed by atoms with Crippen molar-refractivity contribution in [1.82, 2.24) is 5.32 Å². The summed E-state index contributed by atoms with van der Waals surface area (Å²) in [6.45, 7) is 3.53. The molecule has 1 rings (SSSR count). The number of urea groups is 1. The number of amides is 2. The van der Waals surface area contributed by atoms with E-state index >= 15 is 0 Å². The fourth-order valence-electron chi connectivity index (χ4n) is 1.50. The molecule has 2 amide bonds. The van der Waals surface area contributed by atoms with Crippen LogP contribution in [0.4, 0.5) is 10.5 Å². The number of esters is 2. The normalized spacial score (nSPS) is 11.2. The standard InChI is InChI=1S/C14H18N2O5/c1-4-21-13(18)10-5-7-11(8-6-10)16-14(19)15-9(2)12(17)20-3/h5-9H,4H2,1-3H3,(H2,15,16,19)/t9-/m0/s1. The molecule has 7 nitrogen and oxygen atoms in total. The van der Waals surface area contributed by atoms with Crippen LogP contribution in [0.1, 0.15) is 24.2 Å². The number of benzene rings is 1. The van der Waals surface area contributed by atoms with Crippen LogP contribution < -0.4 is 10.6 Å². The average Bonchev–Trinajstić information content (AvgIpc) is 2.47. The van der Waals surface area contributed by atoms with Gasteiger partial charge in [0.2, 0.25) is 0 Å². The Morgan fingerprint density at radius 2 is 1.81 bits per heavy atom. The first kappa shape index (κ1) is 16.5. The molecule has 7 heteroatoms. The topological polar surface area (TPSA) is 93.7 Å². The number of ether oxygens (including phenoxy) is 2. The van der Waals surface area contributed by atoms with Gasteiger partial charge in [-0.15, -0.1) is 0 Å². The summed E-state index contributed by atoms with van der Waals surface area (Å²) in [7, 11) is 1.24. The molecule has 0 heterocycles. The molecule has 0 fully saturated rings. The number of hydrogen-bond acceptors (Lipinski definition) is 5. The zero-order valence-electron chi connectivity index (χ0n) is 12.1. The van der Waals surface area contributed by atoms with Gasteiger partial charge >= 0.3 is 18.0 Å². The molecule has 0 saturated carbocycles. The van der Waals surface area contributed by atoms with Gasteiger partial charge in [-0.25, -0.2) is 14.4 Å². The van der Waals surface area contributed by atoms with E-state index in [0.29, 0.717) is 17.9 Å². The van der Waals surface area contributed by atoms with Crippen LogP contribution in [0.3, 0.4) is 0 Å². The van der Waals surface area contributed by atoms with E-state index in [-0.39, 0.29) is 0 Å². The van der Waals surface area contributed by atoms with Crippen molar-refractivity contribution < 1.29 is 23.9 Å². The fourth-order valence-corrected chi connectivity index (χ4v) is 1.50. The predicted octanol–water partition coefficient (Wildman–Crippen LogP) is 1.55. The van der Waals surface area contributed by atoms with E-state index in [1.54, 1.807) is 19.1 Å². The Morgan fingerprint density at radius 3 is 2.33 bits per heavy atom. The molecule has 21 heavy (non-hydrogen) atoms. The first-order valence-electron chi connectivity index (χ1n) is 6.40. The van der Waals surface area contributed by atoms with Crippen LogP contribution in [-0.2, 0) is 14.3 Å². The van der Waals surface area contributed by atoms with Crippen molar-refractivity contribution in [3.05, 3.63) is 29.8 Å². The molecule has 0 aliphatic heterocycles. The maximum absolute atomic E-state index is 11.6. The van der Waals surface area contributed by atoms with Gasteiger partial charge in [0, 0.05) is 5.69 Å². The highest BCUT2D eigenvalue weighted by molar-refractivity contribution is 5.94. The smallest absolute Gasteiger partial charge is 0.338 e. The summed E-state index contributed by atoms with van der Waals surface area (Å²) in [5.41, 5.74) is 0.878. The zero-order valence-corrected chi connectivity index (χ0v) is 12.1. The molecule has 114 valence electrons. The average molecular weight is 294 g/mol. The number of rotatable bonds is 5. The molecule has 0 aliphatic rings. The lowest BCUT2D eigenvalue weighted by Crippen LogP contribution is -2.41. The second-order valence-electron chi connectivity index (χ2n) is 4.14. The summed E-state index contributed by atoms with van der Waals surface area (Å²) in [5.74, 6) is -0.962. The Kier molecular flexibility index (Phi) is 6.19. The minimum absolute atomic E-state index is 0.298. The number of hydrogen-bond donors (Lipinski definition) is 2. The molecule has 0 unspecified atom stereocenters. The van der Waals surface area contributed by atoms with Crippen LogP contribution in [0.5, 0.6) is 0 Å². The third kappa shape index (κ3) is 5.13. The van der Waals surface area contributed by atoms with Gasteiger partial charge in [0.25, 0.3) is 0 Å². The molecule has 0 radical (unpaired) electrons. The highest BCUT2D eigenvalue weighted by Crippen LogP contribution is 2.10. The Morgan fingerprint density at radius 1 is 1.19 bits per heavy atom. The van der Waals surface area contributed by atoms with Crippen LogP contribution in [0.2, 0.25) is 0 Å². The molecule has 0 bridgehead atoms. The van der Waals surface area contributed by atoms with E-state index in [2.05, 4.69) is 15.4 Å². The maximum atomic E-state index is 11.6. The highest BCUT2D eigenvalue weighted by Gasteiger charge is 2.15. The lowest BCUT2D eigenvalue weighted by molar-refractivity contribution is -0.142. The van der Waals surface area contributed by atoms with Crippen LogP contribution in [0, 0.1) is 0 Å². The summed E-state index contributed by atoms with van der Waals surface area (Å²) in [5, 5.41) is 4.96. The first-order valence-corrected chi connectivity index (χ1v) is 6.40. The number of methoxy groups -OCH3 is 1. The number of carbonyl (C=O) groups excluding carboxylic acids is 3.